The summed E-state index contributed by atoms with van der Waals surface area (Å²) in [5.41, 5.74) is 2.55. The van der Waals surface area contributed by atoms with Crippen LogP contribution in [0.3, 0.4) is 0 Å². The number of rotatable bonds is 5. The van der Waals surface area contributed by atoms with E-state index in [2.05, 4.69) is 28.5 Å². The van der Waals surface area contributed by atoms with E-state index in [9.17, 15) is 4.79 Å². The van der Waals surface area contributed by atoms with Crippen LogP contribution in [-0.4, -0.2) is 40.6 Å². The van der Waals surface area contributed by atoms with E-state index in [-0.39, 0.29) is 17.9 Å². The molecule has 25 heavy (non-hydrogen) atoms. The third-order valence-corrected chi connectivity index (χ3v) is 5.31. The average molecular weight is 340 g/mol. The summed E-state index contributed by atoms with van der Waals surface area (Å²) >= 11 is 0. The number of aryl methyl sites for hydroxylation is 1. The highest BCUT2D eigenvalue weighted by molar-refractivity contribution is 5.79. The Morgan fingerprint density at radius 1 is 1.36 bits per heavy atom. The van der Waals surface area contributed by atoms with E-state index in [1.54, 1.807) is 6.20 Å². The Kier molecular flexibility index (Phi) is 4.21. The molecule has 0 unspecified atom stereocenters. The highest BCUT2D eigenvalue weighted by Gasteiger charge is 2.40. The zero-order valence-corrected chi connectivity index (χ0v) is 14.7. The van der Waals surface area contributed by atoms with Crippen LogP contribution in [-0.2, 0) is 24.8 Å². The quantitative estimate of drug-likeness (QED) is 0.899. The molecule has 2 aliphatic rings. The third-order valence-electron chi connectivity index (χ3n) is 5.31. The minimum absolute atomic E-state index is 0.0356. The minimum atomic E-state index is 0.0356. The number of aromatic nitrogens is 2. The Bertz CT molecular complexity index is 785. The molecule has 1 saturated heterocycles. The molecule has 3 heterocycles. The number of imidazole rings is 1. The molecule has 2 atom stereocenters. The van der Waals surface area contributed by atoms with Crippen molar-refractivity contribution in [1.29, 1.82) is 0 Å². The predicted molar refractivity (Wildman–Crippen MR) is 94.2 cm³/mol. The number of likely N-dealkylation sites (tertiary alicyclic amines) is 1. The Balaban J connectivity index is 1.41. The van der Waals surface area contributed by atoms with E-state index in [0.717, 1.165) is 37.7 Å². The lowest BCUT2D eigenvalue weighted by Crippen LogP contribution is -2.30. The summed E-state index contributed by atoms with van der Waals surface area (Å²) in [7, 11) is 3.86. The van der Waals surface area contributed by atoms with Crippen molar-refractivity contribution in [3.63, 3.8) is 0 Å². The van der Waals surface area contributed by atoms with Crippen molar-refractivity contribution >= 4 is 5.91 Å². The van der Waals surface area contributed by atoms with Crippen LogP contribution in [0, 0.1) is 5.92 Å². The van der Waals surface area contributed by atoms with Crippen LogP contribution in [0.1, 0.15) is 29.4 Å². The molecule has 1 N–H and O–H groups in total. The first-order valence-electron chi connectivity index (χ1n) is 8.81. The summed E-state index contributed by atoms with van der Waals surface area (Å²) in [6.07, 6.45) is 5.29. The van der Waals surface area contributed by atoms with Gasteiger partial charge in [-0.2, -0.15) is 0 Å². The first-order valence-corrected chi connectivity index (χ1v) is 8.81. The number of benzene rings is 1. The van der Waals surface area contributed by atoms with Gasteiger partial charge in [-0.1, -0.05) is 12.1 Å². The second-order valence-corrected chi connectivity index (χ2v) is 6.98. The molecule has 1 fully saturated rings. The summed E-state index contributed by atoms with van der Waals surface area (Å²) in [6, 6.07) is 6.42. The number of carbonyl (C=O) groups is 1. The molecular weight excluding hydrogens is 316 g/mol. The van der Waals surface area contributed by atoms with Crippen LogP contribution >= 0.6 is 0 Å². The minimum Gasteiger partial charge on any atom is -0.493 e. The van der Waals surface area contributed by atoms with Crippen molar-refractivity contribution < 1.29 is 9.53 Å². The van der Waals surface area contributed by atoms with Crippen LogP contribution in [0.5, 0.6) is 5.75 Å². The zero-order chi connectivity index (χ0) is 17.4. The molecule has 6 heteroatoms. The Morgan fingerprint density at radius 2 is 2.24 bits per heavy atom. The van der Waals surface area contributed by atoms with Crippen molar-refractivity contribution in [2.45, 2.75) is 25.4 Å². The number of hydrogen-bond acceptors (Lipinski definition) is 4. The fraction of sp³-hybridized carbons (Fsp3) is 0.474. The maximum absolute atomic E-state index is 12.2. The predicted octanol–water partition coefficient (Wildman–Crippen LogP) is 1.66. The van der Waals surface area contributed by atoms with Gasteiger partial charge in [-0.3, -0.25) is 4.79 Å². The fourth-order valence-corrected chi connectivity index (χ4v) is 3.93. The van der Waals surface area contributed by atoms with Gasteiger partial charge < -0.3 is 19.5 Å². The molecule has 0 aliphatic carbocycles. The molecule has 0 spiro atoms. The second-order valence-electron chi connectivity index (χ2n) is 6.98. The van der Waals surface area contributed by atoms with Crippen molar-refractivity contribution in [1.82, 2.24) is 19.8 Å². The van der Waals surface area contributed by atoms with E-state index in [1.807, 2.05) is 29.8 Å². The van der Waals surface area contributed by atoms with Crippen LogP contribution in [0.15, 0.2) is 30.6 Å². The number of fused-ring (bicyclic) bond motifs is 1. The lowest BCUT2D eigenvalue weighted by molar-refractivity contribution is -0.127. The maximum atomic E-state index is 12.2. The topological polar surface area (TPSA) is 59.4 Å². The summed E-state index contributed by atoms with van der Waals surface area (Å²) in [5, 5.41) is 3.53. The Hall–Kier alpha value is -2.34. The van der Waals surface area contributed by atoms with Crippen molar-refractivity contribution in [2.75, 3.05) is 20.2 Å². The van der Waals surface area contributed by atoms with Gasteiger partial charge in [0.1, 0.15) is 11.6 Å². The molecule has 0 saturated carbocycles. The van der Waals surface area contributed by atoms with E-state index in [0.29, 0.717) is 6.42 Å². The van der Waals surface area contributed by atoms with Crippen molar-refractivity contribution in [3.8, 4) is 5.75 Å². The summed E-state index contributed by atoms with van der Waals surface area (Å²) in [5.74, 6) is 2.39. The lowest BCUT2D eigenvalue weighted by Gasteiger charge is -2.24. The van der Waals surface area contributed by atoms with E-state index >= 15 is 0 Å². The van der Waals surface area contributed by atoms with Gasteiger partial charge in [0.25, 0.3) is 0 Å². The molecular formula is C19H24N4O2. The fourth-order valence-electron chi connectivity index (χ4n) is 3.93. The first kappa shape index (κ1) is 16.1. The van der Waals surface area contributed by atoms with Crippen LogP contribution in [0.25, 0.3) is 0 Å². The van der Waals surface area contributed by atoms with Gasteiger partial charge in [-0.25, -0.2) is 4.98 Å². The molecule has 0 bridgehead atoms. The maximum Gasteiger partial charge on any atom is 0.223 e. The molecule has 1 aromatic carbocycles. The third kappa shape index (κ3) is 3.02. The van der Waals surface area contributed by atoms with Gasteiger partial charge in [0.05, 0.1) is 12.6 Å². The Morgan fingerprint density at radius 3 is 3.04 bits per heavy atom. The van der Waals surface area contributed by atoms with Gasteiger partial charge in [0.15, 0.2) is 0 Å². The molecule has 6 nitrogen and oxygen atoms in total. The molecule has 0 radical (unpaired) electrons. The molecule has 132 valence electrons. The lowest BCUT2D eigenvalue weighted by atomic mass is 9.99. The number of nitrogens with one attached hydrogen (secondary N) is 1. The number of hydrogen-bond donors (Lipinski definition) is 1. The second kappa shape index (κ2) is 6.52. The Labute approximate surface area is 147 Å². The normalized spacial score (nSPS) is 22.3. The molecule has 1 aromatic heterocycles. The molecule has 2 aliphatic heterocycles. The van der Waals surface area contributed by atoms with Crippen LogP contribution in [0.4, 0.5) is 0 Å². The number of ether oxygens (including phenoxy) is 1. The van der Waals surface area contributed by atoms with E-state index in [4.69, 9.17) is 4.74 Å². The SMILES string of the molecule is CN1C(=O)C[C@@H](CNCc2ccc3c(c2)CCO3)[C@@H]1c1nccn1C. The largest absolute Gasteiger partial charge is 0.493 e. The summed E-state index contributed by atoms with van der Waals surface area (Å²) in [6.45, 7) is 2.38. The standard InChI is InChI=1S/C19H24N4O2/c1-22-7-6-21-19(22)18-15(10-17(24)23(18)2)12-20-11-13-3-4-16-14(9-13)5-8-25-16/h3-4,6-7,9,15,18,20H,5,8,10-12H2,1-2H3/t15-,18+/m0/s1. The van der Waals surface area contributed by atoms with E-state index in [1.165, 1.54) is 11.1 Å². The highest BCUT2D eigenvalue weighted by Crippen LogP contribution is 2.35. The molecule has 2 aromatic rings. The average Bonchev–Trinajstić information content (AvgIpc) is 3.28. The zero-order valence-electron chi connectivity index (χ0n) is 14.7. The molecule has 1 amide bonds. The van der Waals surface area contributed by atoms with E-state index < -0.39 is 0 Å². The smallest absolute Gasteiger partial charge is 0.223 e. The van der Waals surface area contributed by atoms with Crippen molar-refractivity contribution in [2.24, 2.45) is 13.0 Å². The summed E-state index contributed by atoms with van der Waals surface area (Å²) < 4.78 is 7.56. The van der Waals surface area contributed by atoms with Gasteiger partial charge >= 0.3 is 0 Å². The van der Waals surface area contributed by atoms with Gasteiger partial charge in [-0.15, -0.1) is 0 Å². The summed E-state index contributed by atoms with van der Waals surface area (Å²) in [4.78, 5) is 18.5. The van der Waals surface area contributed by atoms with Crippen molar-refractivity contribution in [3.05, 3.63) is 47.5 Å². The first-order chi connectivity index (χ1) is 12.1. The number of amides is 1. The highest BCUT2D eigenvalue weighted by atomic mass is 16.5. The van der Waals surface area contributed by atoms with Gasteiger partial charge in [0, 0.05) is 58.3 Å². The number of carbonyl (C=O) groups excluding carboxylic acids is 1. The van der Waals surface area contributed by atoms with Gasteiger partial charge in [-0.05, 0) is 17.2 Å². The number of nitrogens with zero attached hydrogens (tertiary/aromatic N) is 3. The molecule has 4 rings (SSSR count). The monoisotopic (exact) mass is 340 g/mol. The van der Waals surface area contributed by atoms with Gasteiger partial charge in [0.2, 0.25) is 5.91 Å². The van der Waals surface area contributed by atoms with Crippen LogP contribution < -0.4 is 10.1 Å². The van der Waals surface area contributed by atoms with Crippen LogP contribution in [0.2, 0.25) is 0 Å².